The maximum Gasteiger partial charge on any atom is 0.255 e. The molecule has 0 saturated carbocycles. The van der Waals surface area contributed by atoms with Crippen LogP contribution in [0.5, 0.6) is 0 Å². The van der Waals surface area contributed by atoms with Gasteiger partial charge in [-0.1, -0.05) is 18.2 Å². The molecule has 1 aromatic heterocycles. The highest BCUT2D eigenvalue weighted by atomic mass is 16.2. The summed E-state index contributed by atoms with van der Waals surface area (Å²) in [6.07, 6.45) is 1.66. The van der Waals surface area contributed by atoms with Gasteiger partial charge in [-0.3, -0.25) is 9.59 Å². The number of rotatable bonds is 3. The number of hydrogen-bond donors (Lipinski definition) is 1. The van der Waals surface area contributed by atoms with E-state index >= 15 is 0 Å². The number of hydrogen-bond acceptors (Lipinski definition) is 4. The molecule has 1 aliphatic heterocycles. The summed E-state index contributed by atoms with van der Waals surface area (Å²) in [5.74, 6) is 0.718. The van der Waals surface area contributed by atoms with E-state index in [0.717, 1.165) is 22.6 Å². The van der Waals surface area contributed by atoms with Crippen molar-refractivity contribution in [3.63, 3.8) is 0 Å². The van der Waals surface area contributed by atoms with Crippen molar-refractivity contribution in [1.82, 2.24) is 9.88 Å². The molecule has 3 rings (SSSR count). The van der Waals surface area contributed by atoms with Crippen LogP contribution in [0.15, 0.2) is 36.5 Å². The molecule has 0 aliphatic carbocycles. The molecule has 1 aromatic carbocycles. The summed E-state index contributed by atoms with van der Waals surface area (Å²) in [5, 5.41) is 3.01. The highest BCUT2D eigenvalue weighted by molar-refractivity contribution is 6.05. The van der Waals surface area contributed by atoms with Crippen LogP contribution in [0.1, 0.15) is 28.4 Å². The van der Waals surface area contributed by atoms with E-state index in [4.69, 9.17) is 0 Å². The van der Waals surface area contributed by atoms with E-state index in [1.807, 2.05) is 43.0 Å². The molecule has 0 spiro atoms. The van der Waals surface area contributed by atoms with Crippen molar-refractivity contribution in [2.75, 3.05) is 36.4 Å². The maximum atomic E-state index is 12.7. The fourth-order valence-electron chi connectivity index (χ4n) is 3.18. The number of benzene rings is 1. The zero-order valence-electron chi connectivity index (χ0n) is 15.5. The predicted octanol–water partition coefficient (Wildman–Crippen LogP) is 2.62. The first-order chi connectivity index (χ1) is 12.5. The highest BCUT2D eigenvalue weighted by Gasteiger charge is 2.20. The lowest BCUT2D eigenvalue weighted by Crippen LogP contribution is -2.48. The number of aromatic nitrogens is 1. The van der Waals surface area contributed by atoms with Crippen LogP contribution in [0.25, 0.3) is 0 Å². The Labute approximate surface area is 153 Å². The van der Waals surface area contributed by atoms with E-state index in [1.165, 1.54) is 0 Å². The van der Waals surface area contributed by atoms with E-state index in [0.29, 0.717) is 31.7 Å². The number of para-hydroxylation sites is 1. The summed E-state index contributed by atoms with van der Waals surface area (Å²) >= 11 is 0. The molecule has 1 fully saturated rings. The van der Waals surface area contributed by atoms with E-state index in [-0.39, 0.29) is 11.8 Å². The molecule has 6 nitrogen and oxygen atoms in total. The average Bonchev–Trinajstić information content (AvgIpc) is 2.65. The molecule has 2 aromatic rings. The standard InChI is InChI=1S/C20H24N4O2/c1-14-5-4-6-15(2)19(14)22-20(26)17-7-8-21-18(13-17)24-11-9-23(10-12-24)16(3)25/h4-8,13H,9-12H2,1-3H3,(H,22,26). The third-order valence-corrected chi connectivity index (χ3v) is 4.78. The van der Waals surface area contributed by atoms with Gasteiger partial charge in [-0.05, 0) is 37.1 Å². The van der Waals surface area contributed by atoms with Gasteiger partial charge in [-0.15, -0.1) is 0 Å². The Morgan fingerprint density at radius 3 is 2.31 bits per heavy atom. The number of nitrogens with one attached hydrogen (secondary N) is 1. The normalized spacial score (nSPS) is 14.3. The number of pyridine rings is 1. The summed E-state index contributed by atoms with van der Waals surface area (Å²) in [6.45, 7) is 8.34. The van der Waals surface area contributed by atoms with Gasteiger partial charge in [-0.25, -0.2) is 4.98 Å². The van der Waals surface area contributed by atoms with Gasteiger partial charge in [0.05, 0.1) is 0 Å². The molecule has 2 heterocycles. The summed E-state index contributed by atoms with van der Waals surface area (Å²) in [4.78, 5) is 32.5. The molecule has 1 N–H and O–H groups in total. The van der Waals surface area contributed by atoms with Crippen molar-refractivity contribution in [1.29, 1.82) is 0 Å². The molecule has 1 saturated heterocycles. The Balaban J connectivity index is 1.73. The fourth-order valence-corrected chi connectivity index (χ4v) is 3.18. The van der Waals surface area contributed by atoms with Gasteiger partial charge < -0.3 is 15.1 Å². The van der Waals surface area contributed by atoms with Gasteiger partial charge in [0.2, 0.25) is 5.91 Å². The zero-order chi connectivity index (χ0) is 18.7. The maximum absolute atomic E-state index is 12.7. The van der Waals surface area contributed by atoms with Crippen LogP contribution >= 0.6 is 0 Å². The van der Waals surface area contributed by atoms with Crippen molar-refractivity contribution in [3.05, 3.63) is 53.2 Å². The Morgan fingerprint density at radius 1 is 1.04 bits per heavy atom. The smallest absolute Gasteiger partial charge is 0.255 e. The first-order valence-corrected chi connectivity index (χ1v) is 8.80. The van der Waals surface area contributed by atoms with Crippen LogP contribution < -0.4 is 10.2 Å². The van der Waals surface area contributed by atoms with Crippen LogP contribution in [0.4, 0.5) is 11.5 Å². The minimum absolute atomic E-state index is 0.0966. The van der Waals surface area contributed by atoms with Crippen molar-refractivity contribution in [2.45, 2.75) is 20.8 Å². The van der Waals surface area contributed by atoms with Crippen LogP contribution in [0, 0.1) is 13.8 Å². The summed E-state index contributed by atoms with van der Waals surface area (Å²) in [5.41, 5.74) is 3.50. The van der Waals surface area contributed by atoms with Crippen LogP contribution in [-0.4, -0.2) is 47.9 Å². The van der Waals surface area contributed by atoms with Gasteiger partial charge >= 0.3 is 0 Å². The molecule has 2 amide bonds. The third-order valence-electron chi connectivity index (χ3n) is 4.78. The fraction of sp³-hybridized carbons (Fsp3) is 0.350. The number of nitrogens with zero attached hydrogens (tertiary/aromatic N) is 3. The quantitative estimate of drug-likeness (QED) is 0.922. The van der Waals surface area contributed by atoms with Crippen molar-refractivity contribution >= 4 is 23.3 Å². The van der Waals surface area contributed by atoms with Crippen molar-refractivity contribution in [2.24, 2.45) is 0 Å². The molecular formula is C20H24N4O2. The predicted molar refractivity (Wildman–Crippen MR) is 103 cm³/mol. The van der Waals surface area contributed by atoms with Gasteiger partial charge in [0.1, 0.15) is 5.82 Å². The van der Waals surface area contributed by atoms with Crippen molar-refractivity contribution < 1.29 is 9.59 Å². The second-order valence-electron chi connectivity index (χ2n) is 6.62. The minimum Gasteiger partial charge on any atom is -0.353 e. The largest absolute Gasteiger partial charge is 0.353 e. The molecule has 0 bridgehead atoms. The van der Waals surface area contributed by atoms with Gasteiger partial charge in [0.15, 0.2) is 0 Å². The summed E-state index contributed by atoms with van der Waals surface area (Å²) in [6, 6.07) is 9.47. The number of carbonyl (C=O) groups excluding carboxylic acids is 2. The molecule has 0 unspecified atom stereocenters. The van der Waals surface area contributed by atoms with Gasteiger partial charge in [0, 0.05) is 50.6 Å². The third kappa shape index (κ3) is 3.85. The number of piperazine rings is 1. The van der Waals surface area contributed by atoms with Crippen LogP contribution in [-0.2, 0) is 4.79 Å². The summed E-state index contributed by atoms with van der Waals surface area (Å²) < 4.78 is 0. The summed E-state index contributed by atoms with van der Waals surface area (Å²) in [7, 11) is 0. The lowest BCUT2D eigenvalue weighted by Gasteiger charge is -2.35. The number of carbonyl (C=O) groups is 2. The average molecular weight is 352 g/mol. The number of aryl methyl sites for hydroxylation is 2. The first kappa shape index (κ1) is 17.9. The van der Waals surface area contributed by atoms with E-state index in [9.17, 15) is 9.59 Å². The zero-order valence-corrected chi connectivity index (χ0v) is 15.5. The highest BCUT2D eigenvalue weighted by Crippen LogP contribution is 2.21. The van der Waals surface area contributed by atoms with Crippen molar-refractivity contribution in [3.8, 4) is 0 Å². The molecule has 136 valence electrons. The first-order valence-electron chi connectivity index (χ1n) is 8.80. The van der Waals surface area contributed by atoms with E-state index < -0.39 is 0 Å². The van der Waals surface area contributed by atoms with Gasteiger partial charge in [0.25, 0.3) is 5.91 Å². The van der Waals surface area contributed by atoms with Crippen LogP contribution in [0.3, 0.4) is 0 Å². The monoisotopic (exact) mass is 352 g/mol. The number of anilines is 2. The topological polar surface area (TPSA) is 65.5 Å². The molecule has 6 heteroatoms. The molecule has 0 radical (unpaired) electrons. The van der Waals surface area contributed by atoms with E-state index in [1.54, 1.807) is 19.2 Å². The second kappa shape index (κ2) is 7.56. The lowest BCUT2D eigenvalue weighted by molar-refractivity contribution is -0.129. The Hall–Kier alpha value is -2.89. The minimum atomic E-state index is -0.145. The van der Waals surface area contributed by atoms with Gasteiger partial charge in [-0.2, -0.15) is 0 Å². The SMILES string of the molecule is CC(=O)N1CCN(c2cc(C(=O)Nc3c(C)cccc3C)ccn2)CC1. The van der Waals surface area contributed by atoms with E-state index in [2.05, 4.69) is 15.2 Å². The Bertz CT molecular complexity index is 806. The second-order valence-corrected chi connectivity index (χ2v) is 6.62. The Kier molecular flexibility index (Phi) is 5.21. The Morgan fingerprint density at radius 2 is 1.69 bits per heavy atom. The molecule has 26 heavy (non-hydrogen) atoms. The lowest BCUT2D eigenvalue weighted by atomic mass is 10.1. The number of amides is 2. The molecule has 1 aliphatic rings. The molecular weight excluding hydrogens is 328 g/mol. The van der Waals surface area contributed by atoms with Crippen LogP contribution in [0.2, 0.25) is 0 Å². The molecule has 0 atom stereocenters.